The molecule has 0 amide bonds. The number of ether oxygens (including phenoxy) is 1. The molecule has 4 heteroatoms. The number of benzene rings is 2. The first-order valence-electron chi connectivity index (χ1n) is 6.06. The van der Waals surface area contributed by atoms with E-state index in [0.717, 1.165) is 17.0 Å². The maximum atomic E-state index is 8.98. The van der Waals surface area contributed by atoms with E-state index in [1.165, 1.54) is 0 Å². The molecule has 0 aromatic heterocycles. The SMILES string of the molecule is N#Cc1cc(NC2COc3ccccc32)ccc1N. The van der Waals surface area contributed by atoms with E-state index >= 15 is 0 Å². The van der Waals surface area contributed by atoms with Gasteiger partial charge in [0.1, 0.15) is 18.4 Å². The van der Waals surface area contributed by atoms with Crippen LogP contribution in [-0.2, 0) is 0 Å². The highest BCUT2D eigenvalue weighted by Crippen LogP contribution is 2.34. The molecule has 19 heavy (non-hydrogen) atoms. The Morgan fingerprint density at radius 2 is 2.11 bits per heavy atom. The Bertz CT molecular complexity index is 661. The van der Waals surface area contributed by atoms with Crippen LogP contribution in [0.1, 0.15) is 17.2 Å². The molecule has 1 atom stereocenters. The Kier molecular flexibility index (Phi) is 2.73. The van der Waals surface area contributed by atoms with E-state index in [2.05, 4.69) is 11.4 Å². The zero-order valence-corrected chi connectivity index (χ0v) is 10.3. The molecule has 0 saturated carbocycles. The van der Waals surface area contributed by atoms with Crippen molar-refractivity contribution in [1.82, 2.24) is 0 Å². The highest BCUT2D eigenvalue weighted by atomic mass is 16.5. The van der Waals surface area contributed by atoms with Gasteiger partial charge in [0.2, 0.25) is 0 Å². The normalized spacial score (nSPS) is 16.3. The minimum atomic E-state index is 0.103. The van der Waals surface area contributed by atoms with Crippen LogP contribution < -0.4 is 15.8 Å². The molecule has 94 valence electrons. The lowest BCUT2D eigenvalue weighted by Gasteiger charge is -2.13. The molecule has 0 fully saturated rings. The van der Waals surface area contributed by atoms with Crippen LogP contribution in [0.25, 0.3) is 0 Å². The van der Waals surface area contributed by atoms with Crippen LogP contribution in [0, 0.1) is 11.3 Å². The second-order valence-electron chi connectivity index (χ2n) is 4.46. The summed E-state index contributed by atoms with van der Waals surface area (Å²) in [6.07, 6.45) is 0. The third-order valence-electron chi connectivity index (χ3n) is 3.21. The van der Waals surface area contributed by atoms with Crippen LogP contribution in [0.4, 0.5) is 11.4 Å². The minimum Gasteiger partial charge on any atom is -0.491 e. The van der Waals surface area contributed by atoms with Crippen molar-refractivity contribution in [3.63, 3.8) is 0 Å². The van der Waals surface area contributed by atoms with Gasteiger partial charge in [-0.2, -0.15) is 5.26 Å². The summed E-state index contributed by atoms with van der Waals surface area (Å²) in [5, 5.41) is 12.3. The van der Waals surface area contributed by atoms with E-state index in [9.17, 15) is 0 Å². The van der Waals surface area contributed by atoms with Crippen LogP contribution >= 0.6 is 0 Å². The van der Waals surface area contributed by atoms with Gasteiger partial charge in [0.25, 0.3) is 0 Å². The summed E-state index contributed by atoms with van der Waals surface area (Å²) in [5.41, 5.74) is 8.70. The van der Waals surface area contributed by atoms with Crippen molar-refractivity contribution in [2.45, 2.75) is 6.04 Å². The minimum absolute atomic E-state index is 0.103. The number of nitrogens with two attached hydrogens (primary N) is 1. The maximum absolute atomic E-state index is 8.98. The van der Waals surface area contributed by atoms with Gasteiger partial charge in [-0.05, 0) is 24.3 Å². The highest BCUT2D eigenvalue weighted by molar-refractivity contribution is 5.62. The van der Waals surface area contributed by atoms with Gasteiger partial charge in [-0.25, -0.2) is 0 Å². The molecule has 0 radical (unpaired) electrons. The first-order valence-corrected chi connectivity index (χ1v) is 6.06. The predicted octanol–water partition coefficient (Wildman–Crippen LogP) is 2.69. The van der Waals surface area contributed by atoms with Gasteiger partial charge in [-0.3, -0.25) is 0 Å². The van der Waals surface area contributed by atoms with Crippen molar-refractivity contribution in [3.05, 3.63) is 53.6 Å². The number of hydrogen-bond donors (Lipinski definition) is 2. The molecular weight excluding hydrogens is 238 g/mol. The zero-order chi connectivity index (χ0) is 13.2. The number of nitrogens with one attached hydrogen (secondary N) is 1. The van der Waals surface area contributed by atoms with Gasteiger partial charge >= 0.3 is 0 Å². The average Bonchev–Trinajstić information content (AvgIpc) is 2.84. The van der Waals surface area contributed by atoms with Crippen molar-refractivity contribution in [3.8, 4) is 11.8 Å². The summed E-state index contributed by atoms with van der Waals surface area (Å²) >= 11 is 0. The maximum Gasteiger partial charge on any atom is 0.124 e. The Hall–Kier alpha value is -2.67. The van der Waals surface area contributed by atoms with Crippen molar-refractivity contribution >= 4 is 11.4 Å². The summed E-state index contributed by atoms with van der Waals surface area (Å²) in [6.45, 7) is 0.589. The molecule has 1 aliphatic rings. The summed E-state index contributed by atoms with van der Waals surface area (Å²) < 4.78 is 5.61. The lowest BCUT2D eigenvalue weighted by molar-refractivity contribution is 0.340. The summed E-state index contributed by atoms with van der Waals surface area (Å²) in [6, 6.07) is 15.5. The molecule has 0 saturated heterocycles. The molecule has 1 unspecified atom stereocenters. The number of nitrogen functional groups attached to an aromatic ring is 1. The zero-order valence-electron chi connectivity index (χ0n) is 10.3. The molecule has 3 rings (SSSR count). The van der Waals surface area contributed by atoms with Gasteiger partial charge < -0.3 is 15.8 Å². The van der Waals surface area contributed by atoms with Crippen LogP contribution in [0.2, 0.25) is 0 Å². The van der Waals surface area contributed by atoms with Gasteiger partial charge in [-0.1, -0.05) is 18.2 Å². The Morgan fingerprint density at radius 1 is 1.26 bits per heavy atom. The quantitative estimate of drug-likeness (QED) is 0.805. The highest BCUT2D eigenvalue weighted by Gasteiger charge is 2.23. The van der Waals surface area contributed by atoms with E-state index in [4.69, 9.17) is 15.7 Å². The molecule has 2 aromatic carbocycles. The molecule has 4 nitrogen and oxygen atoms in total. The number of rotatable bonds is 2. The standard InChI is InChI=1S/C15H13N3O/c16-8-10-7-11(5-6-13(10)17)18-14-9-19-15-4-2-1-3-12(14)15/h1-7,14,18H,9,17H2. The molecular formula is C15H13N3O. The fourth-order valence-electron chi connectivity index (χ4n) is 2.23. The largest absolute Gasteiger partial charge is 0.491 e. The molecule has 2 aromatic rings. The fraction of sp³-hybridized carbons (Fsp3) is 0.133. The number of hydrogen-bond acceptors (Lipinski definition) is 4. The fourth-order valence-corrected chi connectivity index (χ4v) is 2.23. The summed E-state index contributed by atoms with van der Waals surface area (Å²) in [4.78, 5) is 0. The number of para-hydroxylation sites is 1. The number of fused-ring (bicyclic) bond motifs is 1. The van der Waals surface area contributed by atoms with Crippen LogP contribution in [-0.4, -0.2) is 6.61 Å². The number of nitriles is 1. The van der Waals surface area contributed by atoms with Crippen molar-refractivity contribution in [2.24, 2.45) is 0 Å². The van der Waals surface area contributed by atoms with Crippen molar-refractivity contribution < 1.29 is 4.74 Å². The Morgan fingerprint density at radius 3 is 2.95 bits per heavy atom. The smallest absolute Gasteiger partial charge is 0.124 e. The van der Waals surface area contributed by atoms with Gasteiger partial charge in [0.05, 0.1) is 11.6 Å². The van der Waals surface area contributed by atoms with Crippen LogP contribution in [0.3, 0.4) is 0 Å². The molecule has 3 N–H and O–H groups in total. The monoisotopic (exact) mass is 251 g/mol. The van der Waals surface area contributed by atoms with E-state index in [-0.39, 0.29) is 6.04 Å². The molecule has 0 spiro atoms. The van der Waals surface area contributed by atoms with E-state index in [0.29, 0.717) is 17.9 Å². The topological polar surface area (TPSA) is 71.1 Å². The number of anilines is 2. The summed E-state index contributed by atoms with van der Waals surface area (Å²) in [5.74, 6) is 0.913. The van der Waals surface area contributed by atoms with Crippen molar-refractivity contribution in [2.75, 3.05) is 17.7 Å². The molecule has 0 bridgehead atoms. The Labute approximate surface area is 111 Å². The van der Waals surface area contributed by atoms with Gasteiger partial charge in [0, 0.05) is 16.9 Å². The average molecular weight is 251 g/mol. The van der Waals surface area contributed by atoms with E-state index < -0.39 is 0 Å². The first-order chi connectivity index (χ1) is 9.28. The second kappa shape index (κ2) is 4.54. The summed E-state index contributed by atoms with van der Waals surface area (Å²) in [7, 11) is 0. The van der Waals surface area contributed by atoms with Crippen molar-refractivity contribution in [1.29, 1.82) is 5.26 Å². The molecule has 1 aliphatic heterocycles. The second-order valence-corrected chi connectivity index (χ2v) is 4.46. The van der Waals surface area contributed by atoms with E-state index in [1.54, 1.807) is 12.1 Å². The third kappa shape index (κ3) is 2.06. The number of nitrogens with zero attached hydrogens (tertiary/aromatic N) is 1. The molecule has 0 aliphatic carbocycles. The predicted molar refractivity (Wildman–Crippen MR) is 73.9 cm³/mol. The van der Waals surface area contributed by atoms with E-state index in [1.807, 2.05) is 30.3 Å². The molecule has 1 heterocycles. The van der Waals surface area contributed by atoms with Gasteiger partial charge in [-0.15, -0.1) is 0 Å². The van der Waals surface area contributed by atoms with Crippen LogP contribution in [0.15, 0.2) is 42.5 Å². The Balaban J connectivity index is 1.86. The lowest BCUT2D eigenvalue weighted by atomic mass is 10.1. The first kappa shape index (κ1) is 11.4. The van der Waals surface area contributed by atoms with Crippen LogP contribution in [0.5, 0.6) is 5.75 Å². The van der Waals surface area contributed by atoms with Gasteiger partial charge in [0.15, 0.2) is 0 Å². The third-order valence-corrected chi connectivity index (χ3v) is 3.21. The lowest BCUT2D eigenvalue weighted by Crippen LogP contribution is -2.12.